The lowest BCUT2D eigenvalue weighted by atomic mass is 10.3. The zero-order valence-electron chi connectivity index (χ0n) is 6.54. The minimum Gasteiger partial charge on any atom is -0.244 e. The summed E-state index contributed by atoms with van der Waals surface area (Å²) in [5.41, 5.74) is 0.966. The van der Waals surface area contributed by atoms with E-state index < -0.39 is 0 Å². The molecule has 1 aromatic rings. The second-order valence-electron chi connectivity index (χ2n) is 2.42. The fraction of sp³-hybridized carbons (Fsp3) is 0.111. The summed E-state index contributed by atoms with van der Waals surface area (Å²) in [6.07, 6.45) is 5.06. The van der Waals surface area contributed by atoms with Crippen LogP contribution in [0.5, 0.6) is 0 Å². The summed E-state index contributed by atoms with van der Waals surface area (Å²) >= 11 is 0. The van der Waals surface area contributed by atoms with Crippen LogP contribution in [0.2, 0.25) is 0 Å². The van der Waals surface area contributed by atoms with Gasteiger partial charge in [-0.15, -0.1) is 0 Å². The van der Waals surface area contributed by atoms with Gasteiger partial charge < -0.3 is 0 Å². The molecule has 0 unspecified atom stereocenters. The molecule has 0 bridgehead atoms. The van der Waals surface area contributed by atoms with E-state index in [9.17, 15) is 0 Å². The first-order chi connectivity index (χ1) is 5.20. The maximum absolute atomic E-state index is 4.03. The second-order valence-corrected chi connectivity index (χ2v) is 2.42. The van der Waals surface area contributed by atoms with Gasteiger partial charge in [-0.05, 0) is 13.0 Å². The Morgan fingerprint density at radius 3 is 2.91 bits per heavy atom. The first-order valence-corrected chi connectivity index (χ1v) is 3.32. The van der Waals surface area contributed by atoms with Crippen molar-refractivity contribution >= 4 is 12.7 Å². The summed E-state index contributed by atoms with van der Waals surface area (Å²) < 4.78 is 0. The van der Waals surface area contributed by atoms with E-state index in [0.717, 1.165) is 16.1 Å². The topological polar surface area (TPSA) is 25.8 Å². The highest BCUT2D eigenvalue weighted by atomic mass is 14.8. The van der Waals surface area contributed by atoms with E-state index in [0.29, 0.717) is 0 Å². The summed E-state index contributed by atoms with van der Waals surface area (Å²) in [6.45, 7) is 9.44. The van der Waals surface area contributed by atoms with Crippen LogP contribution in [0.4, 0.5) is 0 Å². The Labute approximate surface area is 65.6 Å². The van der Waals surface area contributed by atoms with Crippen LogP contribution < -0.4 is 10.6 Å². The zero-order chi connectivity index (χ0) is 8.27. The van der Waals surface area contributed by atoms with Gasteiger partial charge >= 0.3 is 0 Å². The monoisotopic (exact) mass is 146 g/mol. The normalized spacial score (nSPS) is 11.5. The standard InChI is InChI=1S/C9H10N2/c1-7(2)4-9-8(3)5-10-6-11-9/h4-6H,1,3H2,2H3/b9-4+. The van der Waals surface area contributed by atoms with Crippen LogP contribution in [0.3, 0.4) is 0 Å². The average Bonchev–Trinajstić information content (AvgIpc) is 1.93. The smallest absolute Gasteiger partial charge is 0.116 e. The highest BCUT2D eigenvalue weighted by Crippen LogP contribution is 1.83. The van der Waals surface area contributed by atoms with Gasteiger partial charge in [0, 0.05) is 11.4 Å². The molecule has 0 atom stereocenters. The lowest BCUT2D eigenvalue weighted by Gasteiger charge is -1.86. The molecule has 0 aliphatic carbocycles. The number of aromatic nitrogens is 2. The maximum Gasteiger partial charge on any atom is 0.116 e. The SMILES string of the molecule is C=C(C)/C=c1/ncncc1=C. The van der Waals surface area contributed by atoms with Crippen LogP contribution in [0.1, 0.15) is 6.92 Å². The number of allylic oxidation sites excluding steroid dienone is 1. The van der Waals surface area contributed by atoms with E-state index in [1.54, 1.807) is 6.20 Å². The van der Waals surface area contributed by atoms with E-state index in [1.165, 1.54) is 6.33 Å². The Hall–Kier alpha value is -1.44. The van der Waals surface area contributed by atoms with Gasteiger partial charge in [0.2, 0.25) is 0 Å². The molecule has 1 rings (SSSR count). The van der Waals surface area contributed by atoms with Crippen molar-refractivity contribution in [3.8, 4) is 0 Å². The summed E-state index contributed by atoms with van der Waals surface area (Å²) in [4.78, 5) is 7.86. The molecule has 0 spiro atoms. The molecule has 56 valence electrons. The third-order valence-electron chi connectivity index (χ3n) is 1.21. The van der Waals surface area contributed by atoms with Crippen LogP contribution in [-0.4, -0.2) is 9.97 Å². The Bertz CT molecular complexity index is 365. The van der Waals surface area contributed by atoms with Crippen molar-refractivity contribution in [1.29, 1.82) is 0 Å². The van der Waals surface area contributed by atoms with Crippen LogP contribution in [-0.2, 0) is 0 Å². The van der Waals surface area contributed by atoms with E-state index in [-0.39, 0.29) is 0 Å². The molecule has 0 saturated heterocycles. The van der Waals surface area contributed by atoms with E-state index in [2.05, 4.69) is 23.1 Å². The summed E-state index contributed by atoms with van der Waals surface area (Å²) in [7, 11) is 0. The summed E-state index contributed by atoms with van der Waals surface area (Å²) in [6, 6.07) is 0. The van der Waals surface area contributed by atoms with Gasteiger partial charge in [0.15, 0.2) is 0 Å². The third kappa shape index (κ3) is 2.00. The lowest BCUT2D eigenvalue weighted by Crippen LogP contribution is -2.26. The number of hydrogen-bond donors (Lipinski definition) is 0. The zero-order valence-corrected chi connectivity index (χ0v) is 6.54. The Morgan fingerprint density at radius 2 is 2.36 bits per heavy atom. The number of nitrogens with zero attached hydrogens (tertiary/aromatic N) is 2. The third-order valence-corrected chi connectivity index (χ3v) is 1.21. The molecule has 0 aliphatic heterocycles. The van der Waals surface area contributed by atoms with Gasteiger partial charge in [-0.3, -0.25) is 0 Å². The highest BCUT2D eigenvalue weighted by molar-refractivity contribution is 5.41. The molecule has 0 fully saturated rings. The van der Waals surface area contributed by atoms with Crippen LogP contribution >= 0.6 is 0 Å². The van der Waals surface area contributed by atoms with Crippen molar-refractivity contribution in [2.24, 2.45) is 0 Å². The predicted molar refractivity (Wildman–Crippen MR) is 46.1 cm³/mol. The van der Waals surface area contributed by atoms with E-state index in [4.69, 9.17) is 0 Å². The van der Waals surface area contributed by atoms with Crippen molar-refractivity contribution in [2.75, 3.05) is 0 Å². The molecule has 0 saturated carbocycles. The quantitative estimate of drug-likeness (QED) is 0.567. The van der Waals surface area contributed by atoms with Gasteiger partial charge in [0.05, 0.1) is 5.35 Å². The molecule has 1 heterocycles. The fourth-order valence-corrected chi connectivity index (χ4v) is 0.731. The van der Waals surface area contributed by atoms with Crippen LogP contribution in [0.15, 0.2) is 24.7 Å². The molecular weight excluding hydrogens is 136 g/mol. The Kier molecular flexibility index (Phi) is 2.16. The van der Waals surface area contributed by atoms with Crippen molar-refractivity contribution < 1.29 is 0 Å². The largest absolute Gasteiger partial charge is 0.244 e. The van der Waals surface area contributed by atoms with Gasteiger partial charge in [-0.25, -0.2) is 9.97 Å². The van der Waals surface area contributed by atoms with E-state index in [1.807, 2.05) is 13.0 Å². The molecular formula is C9H10N2. The van der Waals surface area contributed by atoms with Crippen molar-refractivity contribution in [1.82, 2.24) is 9.97 Å². The highest BCUT2D eigenvalue weighted by Gasteiger charge is 1.81. The van der Waals surface area contributed by atoms with Gasteiger partial charge in [0.1, 0.15) is 6.33 Å². The van der Waals surface area contributed by atoms with Crippen molar-refractivity contribution in [3.05, 3.63) is 35.2 Å². The van der Waals surface area contributed by atoms with Gasteiger partial charge in [0.25, 0.3) is 0 Å². The maximum atomic E-state index is 4.03. The molecule has 0 amide bonds. The van der Waals surface area contributed by atoms with Crippen molar-refractivity contribution in [3.63, 3.8) is 0 Å². The van der Waals surface area contributed by atoms with Gasteiger partial charge in [-0.1, -0.05) is 18.7 Å². The fourth-order valence-electron chi connectivity index (χ4n) is 0.731. The molecule has 2 nitrogen and oxygen atoms in total. The Morgan fingerprint density at radius 1 is 1.64 bits per heavy atom. The minimum absolute atomic E-state index is 0.829. The van der Waals surface area contributed by atoms with E-state index >= 15 is 0 Å². The molecule has 0 radical (unpaired) electrons. The summed E-state index contributed by atoms with van der Waals surface area (Å²) in [5, 5.41) is 1.67. The molecule has 2 heteroatoms. The predicted octanol–water partition coefficient (Wildman–Crippen LogP) is 0.243. The first-order valence-electron chi connectivity index (χ1n) is 3.32. The van der Waals surface area contributed by atoms with Crippen LogP contribution in [0, 0.1) is 0 Å². The molecule has 1 aromatic heterocycles. The van der Waals surface area contributed by atoms with Gasteiger partial charge in [-0.2, -0.15) is 0 Å². The second kappa shape index (κ2) is 3.10. The summed E-state index contributed by atoms with van der Waals surface area (Å²) in [5.74, 6) is 0. The molecule has 0 aromatic carbocycles. The first kappa shape index (κ1) is 7.66. The number of rotatable bonds is 1. The molecule has 0 N–H and O–H groups in total. The minimum atomic E-state index is 0.829. The molecule has 11 heavy (non-hydrogen) atoms. The number of hydrogen-bond acceptors (Lipinski definition) is 2. The molecule has 0 aliphatic rings. The van der Waals surface area contributed by atoms with Crippen molar-refractivity contribution in [2.45, 2.75) is 6.92 Å². The average molecular weight is 146 g/mol. The lowest BCUT2D eigenvalue weighted by molar-refractivity contribution is 1.10. The van der Waals surface area contributed by atoms with Crippen LogP contribution in [0.25, 0.3) is 12.7 Å². The Balaban J connectivity index is 3.36.